The van der Waals surface area contributed by atoms with E-state index in [0.717, 1.165) is 12.0 Å². The van der Waals surface area contributed by atoms with Crippen LogP contribution in [0.3, 0.4) is 0 Å². The summed E-state index contributed by atoms with van der Waals surface area (Å²) in [5, 5.41) is 0. The van der Waals surface area contributed by atoms with Crippen LogP contribution in [0.5, 0.6) is 0 Å². The lowest BCUT2D eigenvalue weighted by molar-refractivity contribution is 0.570. The molecule has 0 saturated heterocycles. The molecule has 0 aliphatic rings. The highest BCUT2D eigenvalue weighted by Gasteiger charge is 1.97. The van der Waals surface area contributed by atoms with Crippen molar-refractivity contribution < 1.29 is 4.79 Å². The second-order valence-corrected chi connectivity index (χ2v) is 4.15. The summed E-state index contributed by atoms with van der Waals surface area (Å²) in [6, 6.07) is 19.6. The summed E-state index contributed by atoms with van der Waals surface area (Å²) in [5.41, 5.74) is 2.59. The number of hydrogen-bond acceptors (Lipinski definition) is 2. The topological polar surface area (TPSA) is 29.4 Å². The summed E-state index contributed by atoms with van der Waals surface area (Å²) in [6.45, 7) is 0.669. The van der Waals surface area contributed by atoms with Crippen molar-refractivity contribution in [1.82, 2.24) is 0 Å². The third kappa shape index (κ3) is 4.06. The van der Waals surface area contributed by atoms with Crippen molar-refractivity contribution in [1.29, 1.82) is 0 Å². The Morgan fingerprint density at radius 1 is 1.00 bits per heavy atom. The molecule has 0 amide bonds. The van der Waals surface area contributed by atoms with Gasteiger partial charge in [0.2, 0.25) is 0 Å². The van der Waals surface area contributed by atoms with Gasteiger partial charge in [-0.05, 0) is 17.5 Å². The second-order valence-electron chi connectivity index (χ2n) is 4.15. The normalized spacial score (nSPS) is 10.3. The number of hydrogen-bond donors (Lipinski definition) is 0. The van der Waals surface area contributed by atoms with E-state index < -0.39 is 0 Å². The zero-order chi connectivity index (χ0) is 13.3. The van der Waals surface area contributed by atoms with E-state index in [1.807, 2.05) is 54.5 Å². The number of rotatable bonds is 5. The lowest BCUT2D eigenvalue weighted by Gasteiger charge is -1.98. The van der Waals surface area contributed by atoms with Crippen LogP contribution in [-0.2, 0) is 11.2 Å². The summed E-state index contributed by atoms with van der Waals surface area (Å²) >= 11 is 0. The molecule has 2 aromatic rings. The lowest BCUT2D eigenvalue weighted by Crippen LogP contribution is -1.92. The highest BCUT2D eigenvalue weighted by molar-refractivity contribution is 6.19. The van der Waals surface area contributed by atoms with E-state index >= 15 is 0 Å². The Morgan fingerprint density at radius 2 is 1.63 bits per heavy atom. The predicted octanol–water partition coefficient (Wildman–Crippen LogP) is 3.22. The first kappa shape index (κ1) is 13.0. The minimum Gasteiger partial charge on any atom is -0.291 e. The summed E-state index contributed by atoms with van der Waals surface area (Å²) in [6.07, 6.45) is 2.48. The van der Waals surface area contributed by atoms with Crippen LogP contribution in [-0.4, -0.2) is 18.7 Å². The fourth-order valence-corrected chi connectivity index (χ4v) is 1.77. The van der Waals surface area contributed by atoms with Crippen LogP contribution in [0, 0.1) is 0 Å². The Kier molecular flexibility index (Phi) is 4.86. The van der Waals surface area contributed by atoms with Gasteiger partial charge in [0.05, 0.1) is 5.57 Å². The molecule has 0 aromatic heterocycles. The minimum absolute atomic E-state index is 0.494. The molecule has 0 radical (unpaired) electrons. The van der Waals surface area contributed by atoms with E-state index in [4.69, 9.17) is 0 Å². The van der Waals surface area contributed by atoms with Gasteiger partial charge in [-0.15, -0.1) is 0 Å². The van der Waals surface area contributed by atoms with Crippen LogP contribution >= 0.6 is 0 Å². The summed E-state index contributed by atoms with van der Waals surface area (Å²) in [5.74, 6) is 1.93. The highest BCUT2D eigenvalue weighted by atomic mass is 16.1. The SMILES string of the molecule is O=C=C(C=NCCc1ccccc1)c1ccccc1. The van der Waals surface area contributed by atoms with Gasteiger partial charge < -0.3 is 0 Å². The highest BCUT2D eigenvalue weighted by Crippen LogP contribution is 2.08. The Hall–Kier alpha value is -2.44. The van der Waals surface area contributed by atoms with Crippen molar-refractivity contribution in [3.8, 4) is 0 Å². The summed E-state index contributed by atoms with van der Waals surface area (Å²) < 4.78 is 0. The minimum atomic E-state index is 0.494. The number of allylic oxidation sites excluding steroid dienone is 1. The Bertz CT molecular complexity index is 581. The van der Waals surface area contributed by atoms with Gasteiger partial charge in [0.15, 0.2) is 0 Å². The lowest BCUT2D eigenvalue weighted by atomic mass is 10.1. The zero-order valence-electron chi connectivity index (χ0n) is 10.6. The van der Waals surface area contributed by atoms with E-state index in [0.29, 0.717) is 12.1 Å². The number of aliphatic imine (C=N–C) groups is 1. The van der Waals surface area contributed by atoms with E-state index in [2.05, 4.69) is 17.1 Å². The van der Waals surface area contributed by atoms with Gasteiger partial charge in [-0.25, -0.2) is 4.79 Å². The van der Waals surface area contributed by atoms with E-state index in [1.54, 1.807) is 6.21 Å². The molecule has 2 aromatic carbocycles. The van der Waals surface area contributed by atoms with E-state index in [-0.39, 0.29) is 0 Å². The van der Waals surface area contributed by atoms with Crippen LogP contribution in [0.2, 0.25) is 0 Å². The standard InChI is InChI=1S/C17H15NO/c19-14-17(16-9-5-2-6-10-16)13-18-12-11-15-7-3-1-4-8-15/h1-10,13H,11-12H2. The maximum absolute atomic E-state index is 10.9. The van der Waals surface area contributed by atoms with Gasteiger partial charge in [-0.2, -0.15) is 0 Å². The Balaban J connectivity index is 1.93. The van der Waals surface area contributed by atoms with Crippen LogP contribution < -0.4 is 0 Å². The molecule has 2 rings (SSSR count). The fourth-order valence-electron chi connectivity index (χ4n) is 1.77. The van der Waals surface area contributed by atoms with Crippen molar-refractivity contribution in [2.75, 3.05) is 6.54 Å². The fraction of sp³-hybridized carbons (Fsp3) is 0.118. The predicted molar refractivity (Wildman–Crippen MR) is 79.0 cm³/mol. The van der Waals surface area contributed by atoms with Crippen molar-refractivity contribution >= 4 is 17.7 Å². The van der Waals surface area contributed by atoms with Crippen molar-refractivity contribution in [2.24, 2.45) is 4.99 Å². The molecule has 0 heterocycles. The first-order chi connectivity index (χ1) is 9.40. The first-order valence-electron chi connectivity index (χ1n) is 6.24. The third-order valence-corrected chi connectivity index (χ3v) is 2.79. The molecule has 0 spiro atoms. The molecule has 2 nitrogen and oxygen atoms in total. The summed E-state index contributed by atoms with van der Waals surface area (Å²) in [7, 11) is 0. The van der Waals surface area contributed by atoms with Gasteiger partial charge in [-0.1, -0.05) is 60.7 Å². The first-order valence-corrected chi connectivity index (χ1v) is 6.24. The molecule has 0 aliphatic carbocycles. The molecule has 0 N–H and O–H groups in total. The Labute approximate surface area is 113 Å². The van der Waals surface area contributed by atoms with Crippen molar-refractivity contribution in [2.45, 2.75) is 6.42 Å². The molecule has 0 atom stereocenters. The van der Waals surface area contributed by atoms with Crippen LogP contribution in [0.4, 0.5) is 0 Å². The van der Waals surface area contributed by atoms with Crippen LogP contribution in [0.15, 0.2) is 65.7 Å². The number of benzene rings is 2. The number of nitrogens with zero attached hydrogens (tertiary/aromatic N) is 1. The van der Waals surface area contributed by atoms with E-state index in [9.17, 15) is 4.79 Å². The quantitative estimate of drug-likeness (QED) is 0.591. The molecule has 0 bridgehead atoms. The molecule has 94 valence electrons. The van der Waals surface area contributed by atoms with E-state index in [1.165, 1.54) is 5.56 Å². The molecule has 0 aliphatic heterocycles. The monoisotopic (exact) mass is 249 g/mol. The van der Waals surface area contributed by atoms with Crippen LogP contribution in [0.1, 0.15) is 11.1 Å². The van der Waals surface area contributed by atoms with Gasteiger partial charge in [0, 0.05) is 12.8 Å². The van der Waals surface area contributed by atoms with Crippen molar-refractivity contribution in [3.05, 3.63) is 71.8 Å². The average Bonchev–Trinajstić information content (AvgIpc) is 2.49. The Morgan fingerprint density at radius 3 is 2.26 bits per heavy atom. The zero-order valence-corrected chi connectivity index (χ0v) is 10.6. The van der Waals surface area contributed by atoms with Gasteiger partial charge >= 0.3 is 0 Å². The average molecular weight is 249 g/mol. The second kappa shape index (κ2) is 7.10. The molecule has 0 saturated carbocycles. The molecular weight excluding hydrogens is 234 g/mol. The van der Waals surface area contributed by atoms with Gasteiger partial charge in [0.1, 0.15) is 5.94 Å². The van der Waals surface area contributed by atoms with Gasteiger partial charge in [0.25, 0.3) is 0 Å². The van der Waals surface area contributed by atoms with Crippen LogP contribution in [0.25, 0.3) is 5.57 Å². The molecule has 19 heavy (non-hydrogen) atoms. The third-order valence-electron chi connectivity index (χ3n) is 2.79. The smallest absolute Gasteiger partial charge is 0.134 e. The molecule has 0 unspecified atom stereocenters. The molecule has 0 fully saturated rings. The summed E-state index contributed by atoms with van der Waals surface area (Å²) in [4.78, 5) is 15.2. The number of carbonyl (C=O) groups excluding carboxylic acids is 1. The molecule has 2 heteroatoms. The molecular formula is C17H15NO. The maximum atomic E-state index is 10.9. The van der Waals surface area contributed by atoms with Crippen molar-refractivity contribution in [3.63, 3.8) is 0 Å². The van der Waals surface area contributed by atoms with Gasteiger partial charge in [-0.3, -0.25) is 4.99 Å². The largest absolute Gasteiger partial charge is 0.291 e. The maximum Gasteiger partial charge on any atom is 0.134 e.